The summed E-state index contributed by atoms with van der Waals surface area (Å²) >= 11 is 6.47. The molecule has 2 atom stereocenters. The Morgan fingerprint density at radius 3 is 2.64 bits per heavy atom. The lowest BCUT2D eigenvalue weighted by Crippen LogP contribution is -2.60. The molecule has 0 fully saturated rings. The van der Waals surface area contributed by atoms with Gasteiger partial charge in [0.05, 0.1) is 31.2 Å². The molecular formula is C32H33ClN7O5+. The summed E-state index contributed by atoms with van der Waals surface area (Å²) in [6.07, 6.45) is 4.95. The zero-order valence-corrected chi connectivity index (χ0v) is 25.8. The summed E-state index contributed by atoms with van der Waals surface area (Å²) in [7, 11) is 3.21. The van der Waals surface area contributed by atoms with Crippen LogP contribution in [0.25, 0.3) is 22.4 Å². The number of aryl methyl sites for hydroxylation is 1. The molecule has 0 aliphatic carbocycles. The Labute approximate surface area is 264 Å². The topological polar surface area (TPSA) is 142 Å². The SMILES string of the molecule is CCC[N+]1(C)NC(C(=O)O)=CN1c1ccc(Cl)cc1-c1cc2n(c(=O)c1)[C@H](c1ncc(-c3ccc(NC(=O)OC)cc3)[nH]1)CC2. The number of carboxylic acid groups (broad SMARTS) is 1. The third kappa shape index (κ3) is 5.65. The highest BCUT2D eigenvalue weighted by atomic mass is 35.5. The fourth-order valence-corrected chi connectivity index (χ4v) is 6.28. The summed E-state index contributed by atoms with van der Waals surface area (Å²) in [5.74, 6) is -0.370. The van der Waals surface area contributed by atoms with E-state index in [-0.39, 0.29) is 22.0 Å². The van der Waals surface area contributed by atoms with Crippen LogP contribution in [-0.2, 0) is 16.0 Å². The molecule has 232 valence electrons. The number of methoxy groups -OCH3 is 1. The second kappa shape index (κ2) is 11.8. The predicted octanol–water partition coefficient (Wildman–Crippen LogP) is 5.29. The number of hydrogen-bond donors (Lipinski definition) is 4. The monoisotopic (exact) mass is 630 g/mol. The fraction of sp³-hybridized carbons (Fsp3) is 0.250. The van der Waals surface area contributed by atoms with E-state index in [1.54, 1.807) is 41.2 Å². The van der Waals surface area contributed by atoms with Crippen LogP contribution in [0.2, 0.25) is 5.02 Å². The van der Waals surface area contributed by atoms with Gasteiger partial charge in [-0.25, -0.2) is 20.0 Å². The molecule has 2 aliphatic heterocycles. The van der Waals surface area contributed by atoms with E-state index >= 15 is 0 Å². The van der Waals surface area contributed by atoms with E-state index in [2.05, 4.69) is 25.4 Å². The number of rotatable bonds is 8. The number of pyridine rings is 1. The summed E-state index contributed by atoms with van der Waals surface area (Å²) in [6, 6.07) is 16.0. The number of hydrogen-bond acceptors (Lipinski definition) is 7. The van der Waals surface area contributed by atoms with Gasteiger partial charge in [0, 0.05) is 28.0 Å². The molecule has 0 spiro atoms. The predicted molar refractivity (Wildman–Crippen MR) is 170 cm³/mol. The lowest BCUT2D eigenvalue weighted by atomic mass is 10.0. The van der Waals surface area contributed by atoms with E-state index < -0.39 is 12.1 Å². The number of carbonyl (C=O) groups excluding carboxylic acids is 1. The molecule has 1 amide bonds. The zero-order chi connectivity index (χ0) is 31.9. The number of nitrogens with one attached hydrogen (secondary N) is 3. The van der Waals surface area contributed by atoms with Gasteiger partial charge >= 0.3 is 12.1 Å². The summed E-state index contributed by atoms with van der Waals surface area (Å²) in [6.45, 7) is 2.66. The molecule has 1 unspecified atom stereocenters. The first-order valence-electron chi connectivity index (χ1n) is 14.5. The van der Waals surface area contributed by atoms with Gasteiger partial charge in [-0.3, -0.25) is 10.1 Å². The van der Waals surface area contributed by atoms with Crippen LogP contribution in [0.3, 0.4) is 0 Å². The number of quaternary nitrogens is 1. The number of anilines is 2. The Morgan fingerprint density at radius 2 is 1.93 bits per heavy atom. The van der Waals surface area contributed by atoms with Gasteiger partial charge in [-0.2, -0.15) is 5.01 Å². The third-order valence-electron chi connectivity index (χ3n) is 8.17. The average Bonchev–Trinajstić information content (AvgIpc) is 3.75. The van der Waals surface area contributed by atoms with Crippen LogP contribution in [0.1, 0.15) is 37.3 Å². The number of nitrogens with zero attached hydrogens (tertiary/aromatic N) is 4. The first-order valence-corrected chi connectivity index (χ1v) is 14.9. The number of amides is 1. The molecule has 13 heteroatoms. The molecule has 2 aromatic carbocycles. The maximum Gasteiger partial charge on any atom is 0.411 e. The number of ether oxygens (including phenoxy) is 1. The maximum absolute atomic E-state index is 13.7. The van der Waals surface area contributed by atoms with E-state index in [9.17, 15) is 19.5 Å². The van der Waals surface area contributed by atoms with Crippen molar-refractivity contribution < 1.29 is 24.1 Å². The molecule has 0 bridgehead atoms. The van der Waals surface area contributed by atoms with Gasteiger partial charge in [0.25, 0.3) is 5.56 Å². The highest BCUT2D eigenvalue weighted by molar-refractivity contribution is 6.31. The van der Waals surface area contributed by atoms with Crippen LogP contribution < -0.4 is 21.3 Å². The Bertz CT molecular complexity index is 1880. The standard InChI is InChI=1S/C32H32ClN7O5/c1-4-13-40(2)37-26(31(42)43)18-38(40)27-11-7-21(33)16-24(27)20-14-23-10-12-28(39(23)29(41)15-20)30-34-17-25(36-30)19-5-8-22(9-6-19)35-32(44)45-3/h5-9,11,14-18,28,37H,4,10,12-13H2,1-3H3,(H2-,34,35,36,42,43,44)/p+1/t28-,40?/m0/s1. The molecule has 4 aromatic rings. The minimum atomic E-state index is -1.05. The first kappa shape index (κ1) is 30.0. The molecule has 4 N–H and O–H groups in total. The number of fused-ring (bicyclic) bond motifs is 1. The number of benzene rings is 2. The Hall–Kier alpha value is -5.07. The van der Waals surface area contributed by atoms with Gasteiger partial charge in [0.1, 0.15) is 25.1 Å². The molecule has 12 nitrogen and oxygen atoms in total. The highest BCUT2D eigenvalue weighted by Gasteiger charge is 2.40. The largest absolute Gasteiger partial charge is 0.476 e. The van der Waals surface area contributed by atoms with E-state index in [1.807, 2.05) is 49.3 Å². The van der Waals surface area contributed by atoms with Gasteiger partial charge in [-0.1, -0.05) is 30.7 Å². The van der Waals surface area contributed by atoms with Gasteiger partial charge in [-0.05, 0) is 66.8 Å². The second-order valence-electron chi connectivity index (χ2n) is 11.2. The highest BCUT2D eigenvalue weighted by Crippen LogP contribution is 2.39. The van der Waals surface area contributed by atoms with Crippen molar-refractivity contribution in [3.63, 3.8) is 0 Å². The average molecular weight is 631 g/mol. The van der Waals surface area contributed by atoms with E-state index in [4.69, 9.17) is 11.6 Å². The molecule has 6 rings (SSSR count). The fourth-order valence-electron chi connectivity index (χ4n) is 6.10. The van der Waals surface area contributed by atoms with Crippen molar-refractivity contribution in [3.05, 3.63) is 99.6 Å². The van der Waals surface area contributed by atoms with E-state index in [1.165, 1.54) is 7.11 Å². The van der Waals surface area contributed by atoms with Gasteiger partial charge in [0.15, 0.2) is 5.70 Å². The molecule has 0 radical (unpaired) electrons. The van der Waals surface area contributed by atoms with Crippen molar-refractivity contribution in [2.45, 2.75) is 32.2 Å². The van der Waals surface area contributed by atoms with Crippen molar-refractivity contribution >= 4 is 35.0 Å². The Kier molecular flexibility index (Phi) is 7.85. The Morgan fingerprint density at radius 1 is 1.16 bits per heavy atom. The zero-order valence-electron chi connectivity index (χ0n) is 25.0. The first-order chi connectivity index (χ1) is 21.6. The minimum Gasteiger partial charge on any atom is -0.476 e. The molecule has 4 heterocycles. The number of H-pyrrole nitrogens is 1. The molecule has 0 saturated heterocycles. The molecule has 2 aliphatic rings. The number of aromatic nitrogens is 3. The van der Waals surface area contributed by atoms with Crippen LogP contribution in [0.4, 0.5) is 16.2 Å². The number of halogens is 1. The number of aromatic amines is 1. The summed E-state index contributed by atoms with van der Waals surface area (Å²) in [5, 5.41) is 14.7. The van der Waals surface area contributed by atoms with Crippen molar-refractivity contribution in [3.8, 4) is 22.4 Å². The van der Waals surface area contributed by atoms with Crippen LogP contribution in [0, 0.1) is 0 Å². The van der Waals surface area contributed by atoms with Gasteiger partial charge < -0.3 is 19.4 Å². The number of aliphatic carboxylic acids is 1. The van der Waals surface area contributed by atoms with E-state index in [0.717, 1.165) is 34.6 Å². The number of carboxylic acids is 1. The molecule has 0 saturated carbocycles. The third-order valence-corrected chi connectivity index (χ3v) is 8.40. The van der Waals surface area contributed by atoms with E-state index in [0.29, 0.717) is 41.5 Å². The summed E-state index contributed by atoms with van der Waals surface area (Å²) in [5.41, 5.74) is 8.31. The van der Waals surface area contributed by atoms with Gasteiger partial charge in [-0.15, -0.1) is 4.70 Å². The van der Waals surface area contributed by atoms with Crippen molar-refractivity contribution in [1.82, 2.24) is 20.0 Å². The van der Waals surface area contributed by atoms with Crippen molar-refractivity contribution in [2.75, 3.05) is 31.0 Å². The summed E-state index contributed by atoms with van der Waals surface area (Å²) < 4.78 is 6.54. The van der Waals surface area contributed by atoms with Crippen LogP contribution in [0.5, 0.6) is 0 Å². The van der Waals surface area contributed by atoms with Crippen LogP contribution in [-0.4, -0.2) is 57.1 Å². The smallest absolute Gasteiger partial charge is 0.411 e. The molecular weight excluding hydrogens is 598 g/mol. The van der Waals surface area contributed by atoms with Crippen LogP contribution >= 0.6 is 11.6 Å². The normalized spacial score (nSPS) is 18.7. The van der Waals surface area contributed by atoms with Crippen LogP contribution in [0.15, 0.2) is 77.5 Å². The summed E-state index contributed by atoms with van der Waals surface area (Å²) in [4.78, 5) is 45.1. The second-order valence-corrected chi connectivity index (χ2v) is 11.6. The Balaban J connectivity index is 1.32. The lowest BCUT2D eigenvalue weighted by Gasteiger charge is -2.37. The van der Waals surface area contributed by atoms with Crippen molar-refractivity contribution in [2.24, 2.45) is 0 Å². The lowest BCUT2D eigenvalue weighted by molar-refractivity contribution is -0.945. The maximum atomic E-state index is 13.7. The minimum absolute atomic E-state index is 0.0790. The number of imidazole rings is 1. The number of carbonyl (C=O) groups is 2. The van der Waals surface area contributed by atoms with Gasteiger partial charge in [0.2, 0.25) is 0 Å². The quantitative estimate of drug-likeness (QED) is 0.192. The molecule has 2 aromatic heterocycles. The molecule has 45 heavy (non-hydrogen) atoms. The van der Waals surface area contributed by atoms with Crippen molar-refractivity contribution in [1.29, 1.82) is 0 Å².